The number of ether oxygens (including phenoxy) is 1. The third kappa shape index (κ3) is 4.73. The molecule has 3 rings (SSSR count). The monoisotopic (exact) mass is 378 g/mol. The van der Waals surface area contributed by atoms with Crippen LogP contribution in [0.3, 0.4) is 0 Å². The van der Waals surface area contributed by atoms with Gasteiger partial charge in [-0.2, -0.15) is 0 Å². The standard InChI is InChI=1S/C25H27ClO/c1-5-27-23-16-10-20(11-17-23)24(19-8-14-22(26)15-9-19)18-6-12-21(13-7-18)25(2,3)4/h6-17,24H,5H2,1-4H3. The first-order valence-corrected chi connectivity index (χ1v) is 9.85. The maximum absolute atomic E-state index is 6.12. The van der Waals surface area contributed by atoms with Gasteiger partial charge in [0.2, 0.25) is 0 Å². The van der Waals surface area contributed by atoms with Gasteiger partial charge in [-0.3, -0.25) is 0 Å². The van der Waals surface area contributed by atoms with Gasteiger partial charge in [-0.15, -0.1) is 0 Å². The number of halogens is 1. The molecule has 1 nitrogen and oxygen atoms in total. The summed E-state index contributed by atoms with van der Waals surface area (Å²) in [6.07, 6.45) is 0. The highest BCUT2D eigenvalue weighted by molar-refractivity contribution is 6.30. The van der Waals surface area contributed by atoms with Crippen LogP contribution < -0.4 is 4.74 Å². The Kier molecular flexibility index (Phi) is 5.92. The maximum atomic E-state index is 6.12. The van der Waals surface area contributed by atoms with Gasteiger partial charge in [0.1, 0.15) is 5.75 Å². The average molecular weight is 379 g/mol. The van der Waals surface area contributed by atoms with Crippen molar-refractivity contribution in [3.05, 3.63) is 100 Å². The summed E-state index contributed by atoms with van der Waals surface area (Å²) in [7, 11) is 0. The van der Waals surface area contributed by atoms with Gasteiger partial charge in [-0.25, -0.2) is 0 Å². The van der Waals surface area contributed by atoms with Crippen molar-refractivity contribution in [2.75, 3.05) is 6.61 Å². The van der Waals surface area contributed by atoms with E-state index in [0.29, 0.717) is 6.61 Å². The molecule has 3 aromatic rings. The van der Waals surface area contributed by atoms with Crippen LogP contribution in [0, 0.1) is 0 Å². The van der Waals surface area contributed by atoms with E-state index in [9.17, 15) is 0 Å². The van der Waals surface area contributed by atoms with Gasteiger partial charge >= 0.3 is 0 Å². The second kappa shape index (κ2) is 8.19. The molecule has 0 N–H and O–H groups in total. The molecule has 0 saturated heterocycles. The highest BCUT2D eigenvalue weighted by atomic mass is 35.5. The minimum atomic E-state index is 0.146. The van der Waals surface area contributed by atoms with Crippen molar-refractivity contribution in [1.29, 1.82) is 0 Å². The topological polar surface area (TPSA) is 9.23 Å². The summed E-state index contributed by atoms with van der Waals surface area (Å²) in [6, 6.07) is 25.5. The van der Waals surface area contributed by atoms with Crippen LogP contribution in [-0.4, -0.2) is 6.61 Å². The minimum Gasteiger partial charge on any atom is -0.494 e. The fourth-order valence-electron chi connectivity index (χ4n) is 3.33. The summed E-state index contributed by atoms with van der Waals surface area (Å²) in [5.74, 6) is 1.06. The van der Waals surface area contributed by atoms with E-state index in [1.807, 2.05) is 31.2 Å². The zero-order chi connectivity index (χ0) is 19.4. The quantitative estimate of drug-likeness (QED) is 0.426. The molecule has 1 unspecified atom stereocenters. The van der Waals surface area contributed by atoms with Gasteiger partial charge in [-0.05, 0) is 58.9 Å². The molecule has 0 aliphatic carbocycles. The third-order valence-electron chi connectivity index (χ3n) is 4.84. The van der Waals surface area contributed by atoms with Crippen molar-refractivity contribution < 1.29 is 4.74 Å². The Balaban J connectivity index is 2.03. The van der Waals surface area contributed by atoms with Crippen molar-refractivity contribution in [3.63, 3.8) is 0 Å². The molecule has 0 bridgehead atoms. The third-order valence-corrected chi connectivity index (χ3v) is 5.09. The molecule has 0 aliphatic heterocycles. The second-order valence-electron chi connectivity index (χ2n) is 7.86. The van der Waals surface area contributed by atoms with Gasteiger partial charge < -0.3 is 4.74 Å². The normalized spacial score (nSPS) is 12.6. The summed E-state index contributed by atoms with van der Waals surface area (Å²) in [4.78, 5) is 0. The van der Waals surface area contributed by atoms with Gasteiger partial charge in [0.25, 0.3) is 0 Å². The molecule has 0 aromatic heterocycles. The van der Waals surface area contributed by atoms with E-state index in [1.165, 1.54) is 22.3 Å². The van der Waals surface area contributed by atoms with E-state index < -0.39 is 0 Å². The lowest BCUT2D eigenvalue weighted by molar-refractivity contribution is 0.340. The highest BCUT2D eigenvalue weighted by Crippen LogP contribution is 2.34. The molecule has 2 heteroatoms. The Morgan fingerprint density at radius 1 is 0.741 bits per heavy atom. The smallest absolute Gasteiger partial charge is 0.119 e. The molecule has 0 amide bonds. The Labute approximate surface area is 168 Å². The molecule has 3 aromatic carbocycles. The van der Waals surface area contributed by atoms with Crippen molar-refractivity contribution in [2.45, 2.75) is 39.0 Å². The van der Waals surface area contributed by atoms with E-state index in [2.05, 4.69) is 69.3 Å². The van der Waals surface area contributed by atoms with Crippen LogP contribution >= 0.6 is 11.6 Å². The first kappa shape index (κ1) is 19.5. The Morgan fingerprint density at radius 3 is 1.63 bits per heavy atom. The predicted octanol–water partition coefficient (Wildman–Crippen LogP) is 7.22. The van der Waals surface area contributed by atoms with Crippen molar-refractivity contribution >= 4 is 11.6 Å². The Bertz CT molecular complexity index is 856. The molecule has 0 aliphatic rings. The van der Waals surface area contributed by atoms with E-state index in [-0.39, 0.29) is 11.3 Å². The van der Waals surface area contributed by atoms with E-state index in [4.69, 9.17) is 16.3 Å². The van der Waals surface area contributed by atoms with E-state index >= 15 is 0 Å². The van der Waals surface area contributed by atoms with Gasteiger partial charge in [0, 0.05) is 10.9 Å². The number of rotatable bonds is 5. The summed E-state index contributed by atoms with van der Waals surface area (Å²) < 4.78 is 5.60. The average Bonchev–Trinajstić information content (AvgIpc) is 2.65. The van der Waals surface area contributed by atoms with Crippen molar-refractivity contribution in [1.82, 2.24) is 0 Å². The van der Waals surface area contributed by atoms with Crippen molar-refractivity contribution in [2.24, 2.45) is 0 Å². The van der Waals surface area contributed by atoms with Crippen LogP contribution in [0.25, 0.3) is 0 Å². The highest BCUT2D eigenvalue weighted by Gasteiger charge is 2.19. The minimum absolute atomic E-state index is 0.146. The Hall–Kier alpha value is -2.25. The number of hydrogen-bond donors (Lipinski definition) is 0. The first-order chi connectivity index (χ1) is 12.9. The SMILES string of the molecule is CCOc1ccc(C(c2ccc(Cl)cc2)c2ccc(C(C)(C)C)cc2)cc1. The number of benzene rings is 3. The summed E-state index contributed by atoms with van der Waals surface area (Å²) in [6.45, 7) is 9.40. The molecule has 0 spiro atoms. The van der Waals surface area contributed by atoms with Gasteiger partial charge in [-0.1, -0.05) is 80.9 Å². The molecule has 0 fully saturated rings. The van der Waals surface area contributed by atoms with E-state index in [1.54, 1.807) is 0 Å². The summed E-state index contributed by atoms with van der Waals surface area (Å²) >= 11 is 6.12. The summed E-state index contributed by atoms with van der Waals surface area (Å²) in [5, 5.41) is 0.757. The maximum Gasteiger partial charge on any atom is 0.119 e. The fourth-order valence-corrected chi connectivity index (χ4v) is 3.46. The molecule has 1 atom stereocenters. The fraction of sp³-hybridized carbons (Fsp3) is 0.280. The van der Waals surface area contributed by atoms with Crippen LogP contribution in [0.1, 0.15) is 55.9 Å². The molecular weight excluding hydrogens is 352 g/mol. The molecule has 0 saturated carbocycles. The molecular formula is C25H27ClO. The lowest BCUT2D eigenvalue weighted by Gasteiger charge is -2.23. The summed E-state index contributed by atoms with van der Waals surface area (Å²) in [5.41, 5.74) is 5.23. The Morgan fingerprint density at radius 2 is 1.19 bits per heavy atom. The lowest BCUT2D eigenvalue weighted by Crippen LogP contribution is -2.11. The van der Waals surface area contributed by atoms with Crippen LogP contribution in [0.5, 0.6) is 5.75 Å². The number of hydrogen-bond acceptors (Lipinski definition) is 1. The zero-order valence-electron chi connectivity index (χ0n) is 16.5. The van der Waals surface area contributed by atoms with Gasteiger partial charge in [0.05, 0.1) is 6.61 Å². The van der Waals surface area contributed by atoms with Crippen LogP contribution in [0.2, 0.25) is 5.02 Å². The van der Waals surface area contributed by atoms with Crippen LogP contribution in [0.4, 0.5) is 0 Å². The van der Waals surface area contributed by atoms with Crippen LogP contribution in [0.15, 0.2) is 72.8 Å². The molecule has 0 radical (unpaired) electrons. The first-order valence-electron chi connectivity index (χ1n) is 9.47. The van der Waals surface area contributed by atoms with Crippen LogP contribution in [-0.2, 0) is 5.41 Å². The predicted molar refractivity (Wildman–Crippen MR) is 115 cm³/mol. The van der Waals surface area contributed by atoms with Gasteiger partial charge in [0.15, 0.2) is 0 Å². The lowest BCUT2D eigenvalue weighted by atomic mass is 9.82. The molecule has 140 valence electrons. The largest absolute Gasteiger partial charge is 0.494 e. The molecule has 0 heterocycles. The zero-order valence-corrected chi connectivity index (χ0v) is 17.3. The van der Waals surface area contributed by atoms with E-state index in [0.717, 1.165) is 10.8 Å². The molecule has 27 heavy (non-hydrogen) atoms. The van der Waals surface area contributed by atoms with Crippen molar-refractivity contribution in [3.8, 4) is 5.75 Å². The second-order valence-corrected chi connectivity index (χ2v) is 8.30.